The number of esters is 1. The number of methoxy groups -OCH3 is 1. The number of fused-ring (bicyclic) bond motifs is 3. The van der Waals surface area contributed by atoms with Crippen LogP contribution in [0.1, 0.15) is 52.2 Å². The zero-order chi connectivity index (χ0) is 37.4. The number of carbonyl (C=O) groups excluding carboxylic acids is 3. The van der Waals surface area contributed by atoms with E-state index in [-0.39, 0.29) is 30.4 Å². The van der Waals surface area contributed by atoms with Crippen molar-refractivity contribution in [1.29, 1.82) is 0 Å². The first-order chi connectivity index (χ1) is 25.0. The number of ether oxygens (including phenoxy) is 4. The fraction of sp³-hybridized carbons (Fsp3) is 0.316. The summed E-state index contributed by atoms with van der Waals surface area (Å²) < 4.78 is 22.1. The van der Waals surface area contributed by atoms with E-state index >= 15 is 0 Å². The molecule has 1 unspecified atom stereocenters. The Morgan fingerprint density at radius 3 is 2.02 bits per heavy atom. The molecule has 2 aliphatic rings. The van der Waals surface area contributed by atoms with Gasteiger partial charge in [0.25, 0.3) is 0 Å². The highest BCUT2D eigenvalue weighted by Crippen LogP contribution is 2.45. The van der Waals surface area contributed by atoms with Crippen LogP contribution in [-0.4, -0.2) is 84.2 Å². The molecule has 5 rings (SSSR count). The van der Waals surface area contributed by atoms with Gasteiger partial charge >= 0.3 is 30.0 Å². The van der Waals surface area contributed by atoms with Crippen LogP contribution < -0.4 is 10.1 Å². The summed E-state index contributed by atoms with van der Waals surface area (Å²) in [6.45, 7) is 0.0197. The van der Waals surface area contributed by atoms with Gasteiger partial charge in [0.1, 0.15) is 12.4 Å². The highest BCUT2D eigenvalue weighted by molar-refractivity contribution is 5.81. The number of rotatable bonds is 13. The first kappa shape index (κ1) is 37.1. The molecule has 1 saturated heterocycles. The molecule has 1 amide bonds. The van der Waals surface area contributed by atoms with E-state index in [2.05, 4.69) is 17.2 Å². The predicted molar refractivity (Wildman–Crippen MR) is 180 cm³/mol. The van der Waals surface area contributed by atoms with Crippen molar-refractivity contribution in [3.05, 3.63) is 89.0 Å². The monoisotopic (exact) mass is 713 g/mol. The first-order valence-corrected chi connectivity index (χ1v) is 16.2. The molecule has 4 N–H and O–H groups in total. The number of hydrogen-bond acceptors (Lipinski definition) is 10. The molecule has 52 heavy (non-hydrogen) atoms. The van der Waals surface area contributed by atoms with Gasteiger partial charge in [-0.15, -0.1) is 0 Å². The van der Waals surface area contributed by atoms with E-state index in [1.54, 1.807) is 0 Å². The minimum atomic E-state index is -1.62. The largest absolute Gasteiger partial charge is 0.481 e. The van der Waals surface area contributed by atoms with Crippen LogP contribution in [0.25, 0.3) is 11.1 Å². The minimum Gasteiger partial charge on any atom is -0.481 e. The number of carboxylic acids is 3. The van der Waals surface area contributed by atoms with Gasteiger partial charge in [-0.2, -0.15) is 0 Å². The van der Waals surface area contributed by atoms with Crippen molar-refractivity contribution < 1.29 is 63.0 Å². The van der Waals surface area contributed by atoms with Gasteiger partial charge in [0.05, 0.1) is 32.1 Å². The van der Waals surface area contributed by atoms with E-state index in [0.717, 1.165) is 29.4 Å². The summed E-state index contributed by atoms with van der Waals surface area (Å²) in [6.07, 6.45) is -5.55. The third-order valence-corrected chi connectivity index (χ3v) is 9.06. The Bertz CT molecular complexity index is 1880. The van der Waals surface area contributed by atoms with Crippen molar-refractivity contribution in [1.82, 2.24) is 5.32 Å². The van der Waals surface area contributed by atoms with Crippen molar-refractivity contribution in [2.45, 2.75) is 37.6 Å². The van der Waals surface area contributed by atoms with Crippen molar-refractivity contribution in [3.8, 4) is 28.7 Å². The van der Waals surface area contributed by atoms with Gasteiger partial charge in [0, 0.05) is 29.7 Å². The van der Waals surface area contributed by atoms with Crippen LogP contribution in [0.5, 0.6) is 5.75 Å². The van der Waals surface area contributed by atoms with Crippen LogP contribution in [0.3, 0.4) is 0 Å². The van der Waals surface area contributed by atoms with Crippen LogP contribution in [0.2, 0.25) is 0 Å². The van der Waals surface area contributed by atoms with Crippen molar-refractivity contribution in [2.75, 3.05) is 20.3 Å². The summed E-state index contributed by atoms with van der Waals surface area (Å²) in [5, 5.41) is 31.4. The molecule has 0 spiro atoms. The average molecular weight is 714 g/mol. The topological polar surface area (TPSA) is 212 Å². The lowest BCUT2D eigenvalue weighted by molar-refractivity contribution is -0.233. The molecule has 270 valence electrons. The molecular formula is C38H35NO13. The lowest BCUT2D eigenvalue weighted by Gasteiger charge is -2.44. The molecule has 1 heterocycles. The Labute approximate surface area is 297 Å². The van der Waals surface area contributed by atoms with E-state index in [1.807, 2.05) is 48.5 Å². The molecule has 1 fully saturated rings. The summed E-state index contributed by atoms with van der Waals surface area (Å²) in [5.74, 6) is -3.47. The number of alkyl carbamates (subject to hydrolysis) is 1. The number of carboxylic acid groups (broad SMARTS) is 3. The van der Waals surface area contributed by atoms with E-state index in [1.165, 1.54) is 18.2 Å². The van der Waals surface area contributed by atoms with Crippen LogP contribution in [0, 0.1) is 29.6 Å². The van der Waals surface area contributed by atoms with Gasteiger partial charge in [0.15, 0.2) is 12.4 Å². The van der Waals surface area contributed by atoms with Crippen molar-refractivity contribution in [3.63, 3.8) is 0 Å². The highest BCUT2D eigenvalue weighted by Gasteiger charge is 2.52. The standard InChI is InChI=1S/C38H35NO13/c1-49-36(47)35-28(17-33(43)44)27(16-32(41)42)29(18-34(45)46)37(52-35)51-31-15-21(12-13-22(31)19-40)7-6-14-39-38(48)50-20-30-25-10-4-2-8-23(25)24-9-3-5-11-26(24)30/h2-5,8-13,15,19,27-30,35,37H,14,16-18,20H2,1H3,(H,39,48)(H,41,42)(H,43,44)(H,45,46)/t27-,28-,29+,35-,37?/m0/s1. The first-order valence-electron chi connectivity index (χ1n) is 16.2. The molecular weight excluding hydrogens is 678 g/mol. The van der Waals surface area contributed by atoms with E-state index in [0.29, 0.717) is 11.8 Å². The molecule has 5 atom stereocenters. The number of hydrogen-bond donors (Lipinski definition) is 4. The number of benzene rings is 3. The Hall–Kier alpha value is -6.20. The number of amides is 1. The lowest BCUT2D eigenvalue weighted by Crippen LogP contribution is -2.54. The maximum absolute atomic E-state index is 12.7. The Morgan fingerprint density at radius 2 is 1.42 bits per heavy atom. The molecule has 14 nitrogen and oxygen atoms in total. The fourth-order valence-corrected chi connectivity index (χ4v) is 6.81. The summed E-state index contributed by atoms with van der Waals surface area (Å²) >= 11 is 0. The number of carbonyl (C=O) groups is 6. The van der Waals surface area contributed by atoms with Gasteiger partial charge in [-0.1, -0.05) is 60.4 Å². The molecule has 1 aliphatic heterocycles. The Kier molecular flexibility index (Phi) is 11.9. The summed E-state index contributed by atoms with van der Waals surface area (Å²) in [5.41, 5.74) is 4.65. The second-order valence-electron chi connectivity index (χ2n) is 12.2. The quantitative estimate of drug-likeness (QED) is 0.112. The molecule has 0 aromatic heterocycles. The van der Waals surface area contributed by atoms with Crippen LogP contribution in [-0.2, 0) is 33.4 Å². The smallest absolute Gasteiger partial charge is 0.407 e. The Morgan fingerprint density at radius 1 is 0.827 bits per heavy atom. The second kappa shape index (κ2) is 16.7. The fourth-order valence-electron chi connectivity index (χ4n) is 6.81. The average Bonchev–Trinajstić information content (AvgIpc) is 3.44. The molecule has 0 bridgehead atoms. The summed E-state index contributed by atoms with van der Waals surface area (Å²) in [7, 11) is 1.03. The zero-order valence-electron chi connectivity index (χ0n) is 27.9. The van der Waals surface area contributed by atoms with Gasteiger partial charge in [0.2, 0.25) is 6.29 Å². The number of nitrogens with one attached hydrogen (secondary N) is 1. The molecule has 0 radical (unpaired) electrons. The van der Waals surface area contributed by atoms with Crippen LogP contribution in [0.15, 0.2) is 66.7 Å². The molecule has 1 aliphatic carbocycles. The van der Waals surface area contributed by atoms with Crippen LogP contribution >= 0.6 is 0 Å². The molecule has 0 saturated carbocycles. The van der Waals surface area contributed by atoms with Gasteiger partial charge < -0.3 is 39.6 Å². The number of aldehydes is 1. The Balaban J connectivity index is 1.29. The SMILES string of the molecule is COC(=O)[C@H]1OC(Oc2cc(C#CCNC(=O)OCC3c4ccccc4-c4ccccc43)ccc2C=O)[C@H](CC(=O)O)[C@@H](CC(=O)O)[C@@H]1CC(=O)O. The summed E-state index contributed by atoms with van der Waals surface area (Å²) in [4.78, 5) is 72.7. The maximum atomic E-state index is 12.7. The molecule has 14 heteroatoms. The van der Waals surface area contributed by atoms with Gasteiger partial charge in [-0.05, 0) is 46.4 Å². The molecule has 3 aromatic carbocycles. The molecule has 3 aromatic rings. The van der Waals surface area contributed by atoms with Crippen LogP contribution in [0.4, 0.5) is 4.79 Å². The predicted octanol–water partition coefficient (Wildman–Crippen LogP) is 3.94. The van der Waals surface area contributed by atoms with Crippen molar-refractivity contribution in [2.24, 2.45) is 17.8 Å². The maximum Gasteiger partial charge on any atom is 0.407 e. The number of aliphatic carboxylic acids is 3. The third-order valence-electron chi connectivity index (χ3n) is 9.06. The van der Waals surface area contributed by atoms with E-state index in [4.69, 9.17) is 18.9 Å². The summed E-state index contributed by atoms with van der Waals surface area (Å²) in [6, 6.07) is 20.1. The normalized spacial score (nSPS) is 20.2. The van der Waals surface area contributed by atoms with Gasteiger partial charge in [-0.25, -0.2) is 9.59 Å². The van der Waals surface area contributed by atoms with Gasteiger partial charge in [-0.3, -0.25) is 19.2 Å². The van der Waals surface area contributed by atoms with E-state index in [9.17, 15) is 44.1 Å². The van der Waals surface area contributed by atoms with Crippen molar-refractivity contribution >= 4 is 36.3 Å². The zero-order valence-corrected chi connectivity index (χ0v) is 27.9. The minimum absolute atomic E-state index is 0.00273. The lowest BCUT2D eigenvalue weighted by atomic mass is 9.71. The highest BCUT2D eigenvalue weighted by atomic mass is 16.7. The van der Waals surface area contributed by atoms with E-state index < -0.39 is 79.4 Å². The second-order valence-corrected chi connectivity index (χ2v) is 12.2. The third kappa shape index (κ3) is 8.56.